The maximum absolute atomic E-state index is 6.03. The van der Waals surface area contributed by atoms with Gasteiger partial charge in [0.15, 0.2) is 11.6 Å². The average Bonchev–Trinajstić information content (AvgIpc) is 2.91. The van der Waals surface area contributed by atoms with Crippen LogP contribution in [0.25, 0.3) is 22.5 Å². The van der Waals surface area contributed by atoms with Gasteiger partial charge in [0.2, 0.25) is 0 Å². The van der Waals surface area contributed by atoms with Crippen molar-refractivity contribution in [3.63, 3.8) is 0 Å². The summed E-state index contributed by atoms with van der Waals surface area (Å²) < 4.78 is 11.2. The fourth-order valence-electron chi connectivity index (χ4n) is 2.68. The molecular weight excluding hydrogens is 264 g/mol. The summed E-state index contributed by atoms with van der Waals surface area (Å²) in [5, 5.41) is 3.95. The molecule has 0 saturated carbocycles. The molecule has 0 radical (unpaired) electrons. The van der Waals surface area contributed by atoms with Gasteiger partial charge in [-0.1, -0.05) is 35.0 Å². The maximum atomic E-state index is 6.03. The van der Waals surface area contributed by atoms with Crippen LogP contribution in [-0.4, -0.2) is 5.16 Å². The van der Waals surface area contributed by atoms with E-state index in [-0.39, 0.29) is 0 Å². The van der Waals surface area contributed by atoms with Gasteiger partial charge in [0.05, 0.1) is 11.1 Å². The fraction of sp³-hybridized carbons (Fsp3) is 0.235. The van der Waals surface area contributed by atoms with Gasteiger partial charge in [0.25, 0.3) is 0 Å². The van der Waals surface area contributed by atoms with Crippen molar-refractivity contribution in [2.24, 2.45) is 0 Å². The summed E-state index contributed by atoms with van der Waals surface area (Å²) in [6.45, 7) is 7.93. The Balaban J connectivity index is 2.27. The molecule has 0 bridgehead atoms. The highest BCUT2D eigenvalue weighted by Gasteiger charge is 2.24. The zero-order chi connectivity index (χ0) is 15.1. The molecule has 2 heterocycles. The average molecular weight is 282 g/mol. The Bertz CT molecular complexity index is 812. The van der Waals surface area contributed by atoms with Crippen molar-refractivity contribution in [1.82, 2.24) is 5.16 Å². The normalized spacial score (nSPS) is 11.0. The molecular formula is C17H18N2O2. The van der Waals surface area contributed by atoms with Gasteiger partial charge in [0.1, 0.15) is 11.5 Å². The first-order chi connectivity index (χ1) is 9.99. The predicted octanol–water partition coefficient (Wildman–Crippen LogP) is 4.42. The van der Waals surface area contributed by atoms with Crippen LogP contribution in [-0.2, 0) is 0 Å². The monoisotopic (exact) mass is 282 g/mol. The molecule has 3 rings (SSSR count). The van der Waals surface area contributed by atoms with Crippen molar-refractivity contribution in [1.29, 1.82) is 0 Å². The number of benzene rings is 1. The molecule has 0 aliphatic carbocycles. The Hall–Kier alpha value is -2.49. The van der Waals surface area contributed by atoms with Crippen molar-refractivity contribution in [2.75, 3.05) is 5.73 Å². The molecule has 2 N–H and O–H groups in total. The number of nitrogens with two attached hydrogens (primary N) is 1. The van der Waals surface area contributed by atoms with Crippen molar-refractivity contribution in [3.05, 3.63) is 46.9 Å². The van der Waals surface area contributed by atoms with Crippen LogP contribution in [0.1, 0.15) is 22.6 Å². The highest BCUT2D eigenvalue weighted by Crippen LogP contribution is 2.41. The van der Waals surface area contributed by atoms with Crippen LogP contribution in [0.4, 0.5) is 5.82 Å². The Kier molecular flexibility index (Phi) is 3.09. The number of hydrogen-bond acceptors (Lipinski definition) is 4. The van der Waals surface area contributed by atoms with Crippen molar-refractivity contribution in [2.45, 2.75) is 27.7 Å². The largest absolute Gasteiger partial charge is 0.466 e. The molecule has 0 unspecified atom stereocenters. The summed E-state index contributed by atoms with van der Waals surface area (Å²) in [7, 11) is 0. The summed E-state index contributed by atoms with van der Waals surface area (Å²) in [5.41, 5.74) is 11.0. The number of aryl methyl sites for hydroxylation is 3. The second-order valence-corrected chi connectivity index (χ2v) is 5.36. The third kappa shape index (κ3) is 2.13. The van der Waals surface area contributed by atoms with Crippen molar-refractivity contribution in [3.8, 4) is 22.5 Å². The van der Waals surface area contributed by atoms with Crippen LogP contribution in [0.5, 0.6) is 0 Å². The zero-order valence-electron chi connectivity index (χ0n) is 12.7. The number of hydrogen-bond donors (Lipinski definition) is 1. The topological polar surface area (TPSA) is 65.2 Å². The quantitative estimate of drug-likeness (QED) is 0.755. The number of rotatable bonds is 2. The Morgan fingerprint density at radius 3 is 2.38 bits per heavy atom. The van der Waals surface area contributed by atoms with E-state index < -0.39 is 0 Å². The van der Waals surface area contributed by atoms with Gasteiger partial charge >= 0.3 is 0 Å². The van der Waals surface area contributed by atoms with E-state index in [0.717, 1.165) is 39.3 Å². The highest BCUT2D eigenvalue weighted by atomic mass is 16.5. The standard InChI is InChI=1S/C17H18N2O2/c1-9-6-5-7-13(8-9)15-16(21-19-17(15)18)14-10(2)11(3)20-12(14)4/h5-8H,1-4H3,(H2,18,19). The van der Waals surface area contributed by atoms with E-state index in [0.29, 0.717) is 11.6 Å². The highest BCUT2D eigenvalue weighted by molar-refractivity contribution is 5.88. The number of nitrogen functional groups attached to an aromatic ring is 1. The van der Waals surface area contributed by atoms with Gasteiger partial charge < -0.3 is 14.7 Å². The first kappa shape index (κ1) is 13.5. The van der Waals surface area contributed by atoms with Crippen LogP contribution in [0.15, 0.2) is 33.2 Å². The summed E-state index contributed by atoms with van der Waals surface area (Å²) >= 11 is 0. The van der Waals surface area contributed by atoms with E-state index in [4.69, 9.17) is 14.7 Å². The lowest BCUT2D eigenvalue weighted by molar-refractivity contribution is 0.434. The van der Waals surface area contributed by atoms with Gasteiger partial charge in [-0.2, -0.15) is 0 Å². The Labute approximate surface area is 123 Å². The van der Waals surface area contributed by atoms with Crippen LogP contribution in [0.2, 0.25) is 0 Å². The molecule has 21 heavy (non-hydrogen) atoms. The second-order valence-electron chi connectivity index (χ2n) is 5.36. The molecule has 4 nitrogen and oxygen atoms in total. The molecule has 0 aliphatic rings. The summed E-state index contributed by atoms with van der Waals surface area (Å²) in [6, 6.07) is 8.13. The maximum Gasteiger partial charge on any atom is 0.180 e. The van der Waals surface area contributed by atoms with E-state index in [9.17, 15) is 0 Å². The van der Waals surface area contributed by atoms with E-state index in [2.05, 4.69) is 11.2 Å². The number of anilines is 1. The molecule has 0 saturated heterocycles. The lowest BCUT2D eigenvalue weighted by atomic mass is 9.98. The molecule has 4 heteroatoms. The SMILES string of the molecule is Cc1cccc(-c2c(N)noc2-c2c(C)oc(C)c2C)c1. The molecule has 1 aromatic carbocycles. The molecule has 0 fully saturated rings. The predicted molar refractivity (Wildman–Crippen MR) is 83.0 cm³/mol. The van der Waals surface area contributed by atoms with Crippen molar-refractivity contribution < 1.29 is 8.94 Å². The van der Waals surface area contributed by atoms with Gasteiger partial charge in [-0.05, 0) is 33.3 Å². The van der Waals surface area contributed by atoms with E-state index >= 15 is 0 Å². The minimum absolute atomic E-state index is 0.397. The zero-order valence-corrected chi connectivity index (χ0v) is 12.7. The van der Waals surface area contributed by atoms with Gasteiger partial charge in [-0.15, -0.1) is 0 Å². The second kappa shape index (κ2) is 4.81. The van der Waals surface area contributed by atoms with E-state index in [1.54, 1.807) is 0 Å². The minimum Gasteiger partial charge on any atom is -0.466 e. The Morgan fingerprint density at radius 2 is 1.76 bits per heavy atom. The molecule has 0 amide bonds. The molecule has 2 aromatic heterocycles. The fourth-order valence-corrected chi connectivity index (χ4v) is 2.68. The van der Waals surface area contributed by atoms with Crippen LogP contribution in [0.3, 0.4) is 0 Å². The van der Waals surface area contributed by atoms with Gasteiger partial charge in [-0.25, -0.2) is 0 Å². The molecule has 0 aliphatic heterocycles. The molecule has 0 spiro atoms. The lowest BCUT2D eigenvalue weighted by Crippen LogP contribution is -1.90. The first-order valence-electron chi connectivity index (χ1n) is 6.88. The van der Waals surface area contributed by atoms with Crippen LogP contribution >= 0.6 is 0 Å². The first-order valence-corrected chi connectivity index (χ1v) is 6.88. The summed E-state index contributed by atoms with van der Waals surface area (Å²) in [5.74, 6) is 2.76. The van der Waals surface area contributed by atoms with E-state index in [1.807, 2.05) is 45.9 Å². The number of aromatic nitrogens is 1. The summed E-state index contributed by atoms with van der Waals surface area (Å²) in [6.07, 6.45) is 0. The molecule has 3 aromatic rings. The molecule has 108 valence electrons. The van der Waals surface area contributed by atoms with E-state index in [1.165, 1.54) is 0 Å². The molecule has 0 atom stereocenters. The van der Waals surface area contributed by atoms with Crippen molar-refractivity contribution >= 4 is 5.82 Å². The van der Waals surface area contributed by atoms with Crippen LogP contribution < -0.4 is 5.73 Å². The van der Waals surface area contributed by atoms with Crippen LogP contribution in [0, 0.1) is 27.7 Å². The smallest absolute Gasteiger partial charge is 0.180 e. The number of furan rings is 1. The third-order valence-electron chi connectivity index (χ3n) is 3.81. The van der Waals surface area contributed by atoms with Gasteiger partial charge in [-0.3, -0.25) is 0 Å². The third-order valence-corrected chi connectivity index (χ3v) is 3.81. The van der Waals surface area contributed by atoms with Gasteiger partial charge in [0, 0.05) is 5.56 Å². The minimum atomic E-state index is 0.397. The number of nitrogens with zero attached hydrogens (tertiary/aromatic N) is 1. The summed E-state index contributed by atoms with van der Waals surface area (Å²) in [4.78, 5) is 0. The lowest BCUT2D eigenvalue weighted by Gasteiger charge is -2.04. The Morgan fingerprint density at radius 1 is 1.00 bits per heavy atom.